The summed E-state index contributed by atoms with van der Waals surface area (Å²) in [6, 6.07) is 7.67. The maximum Gasteiger partial charge on any atom is 0.229 e. The Kier molecular flexibility index (Phi) is 3.94. The van der Waals surface area contributed by atoms with Crippen molar-refractivity contribution in [2.75, 3.05) is 0 Å². The van der Waals surface area contributed by atoms with Crippen LogP contribution in [-0.4, -0.2) is 16.7 Å². The van der Waals surface area contributed by atoms with Crippen LogP contribution in [0, 0.1) is 0 Å². The zero-order valence-electron chi connectivity index (χ0n) is 9.49. The van der Waals surface area contributed by atoms with Gasteiger partial charge in [0.2, 0.25) is 11.8 Å². The second-order valence-electron chi connectivity index (χ2n) is 4.17. The minimum absolute atomic E-state index is 0.0525. The van der Waals surface area contributed by atoms with Gasteiger partial charge in [0.25, 0.3) is 0 Å². The highest BCUT2D eigenvalue weighted by atomic mass is 79.9. The number of benzene rings is 1. The van der Waals surface area contributed by atoms with Gasteiger partial charge in [-0.15, -0.1) is 0 Å². The molecule has 2 amide bonds. The predicted octanol–water partition coefficient (Wildman–Crippen LogP) is 2.88. The molecule has 1 aliphatic heterocycles. The molecule has 1 saturated heterocycles. The number of halogens is 1. The van der Waals surface area contributed by atoms with Gasteiger partial charge in [0.15, 0.2) is 0 Å². The Morgan fingerprint density at radius 2 is 1.65 bits per heavy atom. The van der Waals surface area contributed by atoms with Gasteiger partial charge in [0.05, 0.1) is 6.54 Å². The zero-order valence-corrected chi connectivity index (χ0v) is 11.1. The van der Waals surface area contributed by atoms with Crippen LogP contribution in [0.4, 0.5) is 0 Å². The minimum atomic E-state index is -0.0525. The fourth-order valence-corrected chi connectivity index (χ4v) is 2.34. The van der Waals surface area contributed by atoms with Crippen molar-refractivity contribution in [1.29, 1.82) is 0 Å². The van der Waals surface area contributed by atoms with E-state index in [0.717, 1.165) is 22.9 Å². The third-order valence-corrected chi connectivity index (χ3v) is 3.69. The standard InChI is InChI=1S/C13H14BrNO2/c14-11-6-2-1-5-10(11)9-15-12(16)7-3-4-8-13(15)17/h1-2,5-6H,3-4,7-9H2. The van der Waals surface area contributed by atoms with Crippen LogP contribution in [0.5, 0.6) is 0 Å². The maximum absolute atomic E-state index is 11.8. The van der Waals surface area contributed by atoms with Crippen molar-refractivity contribution in [3.05, 3.63) is 34.3 Å². The third kappa shape index (κ3) is 2.94. The van der Waals surface area contributed by atoms with Crippen LogP contribution in [0.15, 0.2) is 28.7 Å². The van der Waals surface area contributed by atoms with Gasteiger partial charge < -0.3 is 0 Å². The normalized spacial score (nSPS) is 17.1. The fraction of sp³-hybridized carbons (Fsp3) is 0.385. The monoisotopic (exact) mass is 295 g/mol. The molecule has 4 heteroatoms. The molecular weight excluding hydrogens is 282 g/mol. The van der Waals surface area contributed by atoms with Gasteiger partial charge in [-0.3, -0.25) is 14.5 Å². The number of carbonyl (C=O) groups excluding carboxylic acids is 2. The molecule has 1 aromatic rings. The molecule has 0 bridgehead atoms. The lowest BCUT2D eigenvalue weighted by atomic mass is 10.2. The largest absolute Gasteiger partial charge is 0.278 e. The Balaban J connectivity index is 2.18. The molecule has 2 rings (SSSR count). The van der Waals surface area contributed by atoms with Crippen LogP contribution < -0.4 is 0 Å². The predicted molar refractivity (Wildman–Crippen MR) is 68.2 cm³/mol. The van der Waals surface area contributed by atoms with Gasteiger partial charge in [-0.25, -0.2) is 0 Å². The van der Waals surface area contributed by atoms with Crippen molar-refractivity contribution < 1.29 is 9.59 Å². The highest BCUT2D eigenvalue weighted by Gasteiger charge is 2.24. The van der Waals surface area contributed by atoms with Gasteiger partial charge in [0, 0.05) is 17.3 Å². The van der Waals surface area contributed by atoms with E-state index < -0.39 is 0 Å². The number of amides is 2. The molecule has 1 aromatic carbocycles. The van der Waals surface area contributed by atoms with E-state index in [0.29, 0.717) is 19.4 Å². The number of carbonyl (C=O) groups is 2. The summed E-state index contributed by atoms with van der Waals surface area (Å²) >= 11 is 3.43. The average molecular weight is 296 g/mol. The van der Waals surface area contributed by atoms with E-state index in [1.165, 1.54) is 4.90 Å². The van der Waals surface area contributed by atoms with Gasteiger partial charge in [-0.1, -0.05) is 34.1 Å². The Morgan fingerprint density at radius 3 is 2.24 bits per heavy atom. The second kappa shape index (κ2) is 5.45. The molecule has 0 atom stereocenters. The van der Waals surface area contributed by atoms with Crippen molar-refractivity contribution in [2.24, 2.45) is 0 Å². The summed E-state index contributed by atoms with van der Waals surface area (Å²) in [5.74, 6) is -0.105. The first kappa shape index (κ1) is 12.3. The van der Waals surface area contributed by atoms with E-state index >= 15 is 0 Å². The molecule has 1 heterocycles. The van der Waals surface area contributed by atoms with E-state index in [1.807, 2.05) is 24.3 Å². The molecule has 1 aliphatic rings. The molecule has 0 radical (unpaired) electrons. The first-order valence-electron chi connectivity index (χ1n) is 5.75. The highest BCUT2D eigenvalue weighted by molar-refractivity contribution is 9.10. The lowest BCUT2D eigenvalue weighted by Gasteiger charge is -2.19. The van der Waals surface area contributed by atoms with Gasteiger partial charge in [-0.2, -0.15) is 0 Å². The number of hydrogen-bond acceptors (Lipinski definition) is 2. The summed E-state index contributed by atoms with van der Waals surface area (Å²) in [6.07, 6.45) is 2.60. The van der Waals surface area contributed by atoms with Crippen LogP contribution in [0.1, 0.15) is 31.2 Å². The average Bonchev–Trinajstić information content (AvgIpc) is 2.47. The van der Waals surface area contributed by atoms with Crippen molar-refractivity contribution in [2.45, 2.75) is 32.2 Å². The lowest BCUT2D eigenvalue weighted by molar-refractivity contribution is -0.144. The Morgan fingerprint density at radius 1 is 1.06 bits per heavy atom. The molecule has 1 fully saturated rings. The summed E-state index contributed by atoms with van der Waals surface area (Å²) in [5, 5.41) is 0. The molecule has 0 unspecified atom stereocenters. The third-order valence-electron chi connectivity index (χ3n) is 2.92. The van der Waals surface area contributed by atoms with Crippen molar-refractivity contribution in [3.63, 3.8) is 0 Å². The summed E-state index contributed by atoms with van der Waals surface area (Å²) in [4.78, 5) is 25.0. The molecule has 3 nitrogen and oxygen atoms in total. The van der Waals surface area contributed by atoms with Gasteiger partial charge in [-0.05, 0) is 24.5 Å². The number of likely N-dealkylation sites (tertiary alicyclic amines) is 1. The second-order valence-corrected chi connectivity index (χ2v) is 5.03. The molecule has 17 heavy (non-hydrogen) atoms. The maximum atomic E-state index is 11.8. The summed E-state index contributed by atoms with van der Waals surface area (Å²) < 4.78 is 0.935. The first-order chi connectivity index (χ1) is 8.18. The van der Waals surface area contributed by atoms with Crippen molar-refractivity contribution in [3.8, 4) is 0 Å². The van der Waals surface area contributed by atoms with Crippen molar-refractivity contribution in [1.82, 2.24) is 4.90 Å². The summed E-state index contributed by atoms with van der Waals surface area (Å²) in [5.41, 5.74) is 0.969. The van der Waals surface area contributed by atoms with Crippen LogP contribution in [0.25, 0.3) is 0 Å². The topological polar surface area (TPSA) is 37.4 Å². The van der Waals surface area contributed by atoms with E-state index in [-0.39, 0.29) is 11.8 Å². The smallest absolute Gasteiger partial charge is 0.229 e. The number of hydrogen-bond donors (Lipinski definition) is 0. The zero-order chi connectivity index (χ0) is 12.3. The number of imide groups is 1. The van der Waals surface area contributed by atoms with Crippen LogP contribution in [-0.2, 0) is 16.1 Å². The van der Waals surface area contributed by atoms with Crippen LogP contribution in [0.2, 0.25) is 0 Å². The van der Waals surface area contributed by atoms with Crippen molar-refractivity contribution >= 4 is 27.7 Å². The van der Waals surface area contributed by atoms with Crippen LogP contribution in [0.3, 0.4) is 0 Å². The van der Waals surface area contributed by atoms with Crippen LogP contribution >= 0.6 is 15.9 Å². The van der Waals surface area contributed by atoms with E-state index in [9.17, 15) is 9.59 Å². The Hall–Kier alpha value is -1.16. The van der Waals surface area contributed by atoms with Gasteiger partial charge >= 0.3 is 0 Å². The molecule has 0 aromatic heterocycles. The molecule has 0 N–H and O–H groups in total. The number of nitrogens with zero attached hydrogens (tertiary/aromatic N) is 1. The minimum Gasteiger partial charge on any atom is -0.278 e. The molecule has 0 aliphatic carbocycles. The van der Waals surface area contributed by atoms with E-state index in [4.69, 9.17) is 0 Å². The summed E-state index contributed by atoms with van der Waals surface area (Å²) in [6.45, 7) is 0.374. The quantitative estimate of drug-likeness (QED) is 0.787. The highest BCUT2D eigenvalue weighted by Crippen LogP contribution is 2.21. The van der Waals surface area contributed by atoms with Gasteiger partial charge in [0.1, 0.15) is 0 Å². The first-order valence-corrected chi connectivity index (χ1v) is 6.54. The molecule has 0 saturated carbocycles. The molecular formula is C13H14BrNO2. The molecule has 0 spiro atoms. The van der Waals surface area contributed by atoms with E-state index in [2.05, 4.69) is 15.9 Å². The van der Waals surface area contributed by atoms with E-state index in [1.54, 1.807) is 0 Å². The Bertz CT molecular complexity index is 427. The number of rotatable bonds is 2. The molecule has 90 valence electrons. The summed E-state index contributed by atoms with van der Waals surface area (Å²) in [7, 11) is 0. The Labute approximate surface area is 109 Å². The fourth-order valence-electron chi connectivity index (χ4n) is 1.93. The SMILES string of the molecule is O=C1CCCCC(=O)N1Cc1ccccc1Br. The lowest BCUT2D eigenvalue weighted by Crippen LogP contribution is -2.34.